The lowest BCUT2D eigenvalue weighted by Crippen LogP contribution is -1.81. The van der Waals surface area contributed by atoms with E-state index in [0.717, 1.165) is 33.2 Å². The van der Waals surface area contributed by atoms with E-state index >= 15 is 0 Å². The molecule has 2 N–H and O–H groups in total. The first-order valence-corrected chi connectivity index (χ1v) is 5.79. The number of imidazole rings is 1. The van der Waals surface area contributed by atoms with E-state index in [9.17, 15) is 0 Å². The summed E-state index contributed by atoms with van der Waals surface area (Å²) in [5.41, 5.74) is 5.02. The number of hydrogen-bond donors (Lipinski definition) is 2. The van der Waals surface area contributed by atoms with E-state index in [4.69, 9.17) is 0 Å². The molecular weight excluding hydrogens is 224 g/mol. The van der Waals surface area contributed by atoms with Crippen molar-refractivity contribution in [3.05, 3.63) is 48.8 Å². The summed E-state index contributed by atoms with van der Waals surface area (Å²) in [5, 5.41) is 8.59. The van der Waals surface area contributed by atoms with E-state index < -0.39 is 0 Å². The first-order valence-electron chi connectivity index (χ1n) is 5.79. The Labute approximate surface area is 103 Å². The second kappa shape index (κ2) is 3.43. The summed E-state index contributed by atoms with van der Waals surface area (Å²) in [4.78, 5) is 7.49. The zero-order valence-corrected chi connectivity index (χ0v) is 9.51. The molecule has 0 bridgehead atoms. The van der Waals surface area contributed by atoms with Crippen LogP contribution < -0.4 is 0 Å². The molecule has 2 heterocycles. The van der Waals surface area contributed by atoms with Crippen molar-refractivity contribution in [1.82, 2.24) is 20.2 Å². The van der Waals surface area contributed by atoms with Gasteiger partial charge < -0.3 is 4.98 Å². The molecule has 0 fully saturated rings. The van der Waals surface area contributed by atoms with Gasteiger partial charge in [-0.25, -0.2) is 4.98 Å². The summed E-state index contributed by atoms with van der Waals surface area (Å²) in [6.07, 6.45) is 1.71. The van der Waals surface area contributed by atoms with Crippen LogP contribution in [0.15, 0.2) is 48.8 Å². The summed E-state index contributed by atoms with van der Waals surface area (Å²) in [5.74, 6) is 0. The largest absolute Gasteiger partial charge is 0.345 e. The quantitative estimate of drug-likeness (QED) is 0.531. The number of H-pyrrole nitrogens is 2. The van der Waals surface area contributed by atoms with Crippen LogP contribution in [-0.4, -0.2) is 20.2 Å². The van der Waals surface area contributed by atoms with Crippen LogP contribution in [0.25, 0.3) is 33.2 Å². The average molecular weight is 234 g/mol. The van der Waals surface area contributed by atoms with Crippen molar-refractivity contribution in [3.8, 4) is 11.3 Å². The fourth-order valence-corrected chi connectivity index (χ4v) is 2.33. The van der Waals surface area contributed by atoms with E-state index in [0.29, 0.717) is 0 Å². The third-order valence-corrected chi connectivity index (χ3v) is 3.18. The molecule has 18 heavy (non-hydrogen) atoms. The minimum atomic E-state index is 0.948. The number of para-hydroxylation sites is 2. The molecular formula is C14H10N4. The van der Waals surface area contributed by atoms with Gasteiger partial charge in [0.15, 0.2) is 0 Å². The molecule has 0 unspecified atom stereocenters. The number of aromatic amines is 2. The number of hydrogen-bond acceptors (Lipinski definition) is 2. The van der Waals surface area contributed by atoms with Crippen LogP contribution in [0.3, 0.4) is 0 Å². The highest BCUT2D eigenvalue weighted by atomic mass is 15.1. The van der Waals surface area contributed by atoms with Crippen molar-refractivity contribution in [2.45, 2.75) is 0 Å². The number of rotatable bonds is 1. The molecule has 2 aromatic carbocycles. The highest BCUT2D eigenvalue weighted by molar-refractivity contribution is 6.00. The van der Waals surface area contributed by atoms with E-state index in [1.54, 1.807) is 6.33 Å². The van der Waals surface area contributed by atoms with Gasteiger partial charge in [0.1, 0.15) is 5.69 Å². The Morgan fingerprint density at radius 3 is 2.78 bits per heavy atom. The lowest BCUT2D eigenvalue weighted by molar-refractivity contribution is 1.12. The molecule has 0 aliphatic rings. The molecule has 0 saturated heterocycles. The maximum Gasteiger partial charge on any atom is 0.102 e. The van der Waals surface area contributed by atoms with E-state index in [-0.39, 0.29) is 0 Å². The molecule has 0 aliphatic heterocycles. The molecule has 0 saturated carbocycles. The normalized spacial score (nSPS) is 11.3. The van der Waals surface area contributed by atoms with E-state index in [1.807, 2.05) is 36.4 Å². The topological polar surface area (TPSA) is 57.4 Å². The number of fused-ring (bicyclic) bond motifs is 2. The molecule has 0 atom stereocenters. The van der Waals surface area contributed by atoms with Crippen LogP contribution in [0.1, 0.15) is 0 Å². The van der Waals surface area contributed by atoms with Crippen molar-refractivity contribution in [1.29, 1.82) is 0 Å². The maximum atomic E-state index is 4.42. The first-order chi connectivity index (χ1) is 8.93. The zero-order valence-electron chi connectivity index (χ0n) is 9.51. The van der Waals surface area contributed by atoms with E-state index in [1.165, 1.54) is 0 Å². The summed E-state index contributed by atoms with van der Waals surface area (Å²) in [7, 11) is 0. The summed E-state index contributed by atoms with van der Waals surface area (Å²) < 4.78 is 0. The molecule has 4 nitrogen and oxygen atoms in total. The molecule has 2 aromatic heterocycles. The monoisotopic (exact) mass is 234 g/mol. The minimum absolute atomic E-state index is 0.948. The van der Waals surface area contributed by atoms with Gasteiger partial charge in [-0.15, -0.1) is 0 Å². The van der Waals surface area contributed by atoms with Crippen molar-refractivity contribution < 1.29 is 0 Å². The molecule has 86 valence electrons. The SMILES string of the molecule is c1ccc2c(-c3cccc4[nH]cnc34)n[nH]c2c1. The van der Waals surface area contributed by atoms with Crippen LogP contribution >= 0.6 is 0 Å². The predicted molar refractivity (Wildman–Crippen MR) is 71.2 cm³/mol. The van der Waals surface area contributed by atoms with Gasteiger partial charge in [-0.2, -0.15) is 5.10 Å². The molecule has 4 heteroatoms. The Hall–Kier alpha value is -2.62. The van der Waals surface area contributed by atoms with E-state index in [2.05, 4.69) is 26.2 Å². The van der Waals surface area contributed by atoms with Crippen LogP contribution in [0.2, 0.25) is 0 Å². The Morgan fingerprint density at radius 2 is 1.78 bits per heavy atom. The smallest absolute Gasteiger partial charge is 0.102 e. The second-order valence-corrected chi connectivity index (χ2v) is 4.22. The highest BCUT2D eigenvalue weighted by Crippen LogP contribution is 2.30. The third-order valence-electron chi connectivity index (χ3n) is 3.18. The van der Waals surface area contributed by atoms with Crippen molar-refractivity contribution in [3.63, 3.8) is 0 Å². The van der Waals surface area contributed by atoms with Gasteiger partial charge in [0, 0.05) is 10.9 Å². The van der Waals surface area contributed by atoms with Crippen LogP contribution in [0.4, 0.5) is 0 Å². The van der Waals surface area contributed by atoms with Gasteiger partial charge >= 0.3 is 0 Å². The summed E-state index contributed by atoms with van der Waals surface area (Å²) in [6, 6.07) is 14.2. The fourth-order valence-electron chi connectivity index (χ4n) is 2.33. The first kappa shape index (κ1) is 9.41. The van der Waals surface area contributed by atoms with Crippen molar-refractivity contribution in [2.24, 2.45) is 0 Å². The van der Waals surface area contributed by atoms with Gasteiger partial charge in [-0.1, -0.05) is 30.3 Å². The van der Waals surface area contributed by atoms with Gasteiger partial charge in [0.2, 0.25) is 0 Å². The summed E-state index contributed by atoms with van der Waals surface area (Å²) >= 11 is 0. The average Bonchev–Trinajstić information content (AvgIpc) is 3.05. The Bertz CT molecular complexity index is 841. The van der Waals surface area contributed by atoms with Crippen LogP contribution in [0, 0.1) is 0 Å². The Morgan fingerprint density at radius 1 is 0.889 bits per heavy atom. The molecule has 0 amide bonds. The fraction of sp³-hybridized carbons (Fsp3) is 0. The van der Waals surface area contributed by atoms with Crippen molar-refractivity contribution >= 4 is 21.9 Å². The lowest BCUT2D eigenvalue weighted by Gasteiger charge is -1.99. The molecule has 0 aliphatic carbocycles. The van der Waals surface area contributed by atoms with Crippen LogP contribution in [-0.2, 0) is 0 Å². The predicted octanol–water partition coefficient (Wildman–Crippen LogP) is 3.11. The number of aromatic nitrogens is 4. The van der Waals surface area contributed by atoms with Gasteiger partial charge in [0.25, 0.3) is 0 Å². The Balaban J connectivity index is 2.10. The van der Waals surface area contributed by atoms with Gasteiger partial charge in [-0.05, 0) is 12.1 Å². The Kier molecular flexibility index (Phi) is 1.80. The molecule has 0 spiro atoms. The second-order valence-electron chi connectivity index (χ2n) is 4.22. The number of nitrogens with one attached hydrogen (secondary N) is 2. The van der Waals surface area contributed by atoms with Gasteiger partial charge in [-0.3, -0.25) is 5.10 Å². The lowest BCUT2D eigenvalue weighted by atomic mass is 10.1. The van der Waals surface area contributed by atoms with Gasteiger partial charge in [0.05, 0.1) is 22.9 Å². The summed E-state index contributed by atoms with van der Waals surface area (Å²) in [6.45, 7) is 0. The molecule has 0 radical (unpaired) electrons. The molecule has 4 rings (SSSR count). The minimum Gasteiger partial charge on any atom is -0.345 e. The maximum absolute atomic E-state index is 4.42. The number of benzene rings is 2. The number of nitrogens with zero attached hydrogens (tertiary/aromatic N) is 2. The standard InChI is InChI=1S/C14H10N4/c1-2-6-11-9(4-1)13(18-17-11)10-5-3-7-12-14(10)16-8-15-12/h1-8H,(H,15,16)(H,17,18). The third kappa shape index (κ3) is 1.20. The molecule has 4 aromatic rings. The van der Waals surface area contributed by atoms with Crippen molar-refractivity contribution in [2.75, 3.05) is 0 Å². The zero-order chi connectivity index (χ0) is 11.9. The highest BCUT2D eigenvalue weighted by Gasteiger charge is 2.11. The van der Waals surface area contributed by atoms with Crippen LogP contribution in [0.5, 0.6) is 0 Å².